The molecule has 0 unspecified atom stereocenters. The molecule has 0 aliphatic carbocycles. The smallest absolute Gasteiger partial charge is 1.00 e. The molecule has 0 bridgehead atoms. The number of carboxylic acids is 1. The van der Waals surface area contributed by atoms with Crippen LogP contribution in [0.4, 0.5) is 0 Å². The molecular weight excluding hydrogens is 303 g/mol. The van der Waals surface area contributed by atoms with Crippen LogP contribution in [0.1, 0.15) is 22.1 Å². The Bertz CT molecular complexity index is 607. The van der Waals surface area contributed by atoms with Crippen molar-refractivity contribution in [1.29, 1.82) is 0 Å². The third-order valence-corrected chi connectivity index (χ3v) is 3.00. The zero-order chi connectivity index (χ0) is 13.7. The van der Waals surface area contributed by atoms with Gasteiger partial charge >= 0.3 is 63.3 Å². The van der Waals surface area contributed by atoms with Crippen molar-refractivity contribution in [1.82, 2.24) is 0 Å². The van der Waals surface area contributed by atoms with Crippen molar-refractivity contribution in [2.75, 3.05) is 0 Å². The van der Waals surface area contributed by atoms with Gasteiger partial charge in [0.15, 0.2) is 0 Å². The molecule has 2 aromatic carbocycles. The van der Waals surface area contributed by atoms with Crippen LogP contribution in [0.15, 0.2) is 59.5 Å². The first kappa shape index (κ1) is 17.4. The van der Waals surface area contributed by atoms with Gasteiger partial charge in [-0.2, -0.15) is 0 Å². The topological polar surface area (TPSA) is 63.6 Å². The fourth-order valence-corrected chi connectivity index (χ4v) is 1.93. The van der Waals surface area contributed by atoms with Gasteiger partial charge in [-0.15, -0.1) is 0 Å². The molecule has 0 aliphatic heterocycles. The zero-order valence-corrected chi connectivity index (χ0v) is 14.7. The van der Waals surface area contributed by atoms with Gasteiger partial charge in [-0.05, 0) is 30.3 Å². The molecule has 20 heavy (non-hydrogen) atoms. The van der Waals surface area contributed by atoms with Gasteiger partial charge in [-0.25, -0.2) is 9.59 Å². The van der Waals surface area contributed by atoms with E-state index in [0.717, 1.165) is 16.9 Å². The van der Waals surface area contributed by atoms with E-state index in [1.807, 2.05) is 30.3 Å². The monoisotopic (exact) mass is 314 g/mol. The quantitative estimate of drug-likeness (QED) is 0.652. The first-order valence-corrected chi connectivity index (χ1v) is 6.18. The van der Waals surface area contributed by atoms with Crippen LogP contribution in [-0.2, 0) is 4.18 Å². The van der Waals surface area contributed by atoms with Crippen molar-refractivity contribution in [2.45, 2.75) is 4.90 Å². The summed E-state index contributed by atoms with van der Waals surface area (Å²) in [5, 5.41) is 8.84. The molecule has 0 fully saturated rings. The molecule has 2 rings (SSSR count). The van der Waals surface area contributed by atoms with Crippen molar-refractivity contribution in [3.63, 3.8) is 0 Å². The summed E-state index contributed by atoms with van der Waals surface area (Å²) < 4.78 is 5.03. The Morgan fingerprint density at radius 3 is 2.30 bits per heavy atom. The van der Waals surface area contributed by atoms with Gasteiger partial charge in [0.2, 0.25) is 0 Å². The maximum atomic E-state index is 11.8. The normalized spacial score (nSPS) is 9.40. The summed E-state index contributed by atoms with van der Waals surface area (Å²) in [5.41, 5.74) is 0.266. The van der Waals surface area contributed by atoms with Crippen molar-refractivity contribution in [3.8, 4) is 0 Å². The number of carboxylic acid groups (broad SMARTS) is 1. The van der Waals surface area contributed by atoms with Crippen LogP contribution in [0.3, 0.4) is 0 Å². The molecule has 0 amide bonds. The van der Waals surface area contributed by atoms with E-state index in [1.165, 1.54) is 24.3 Å². The number of hydrogen-bond acceptors (Lipinski definition) is 4. The van der Waals surface area contributed by atoms with Gasteiger partial charge in [0.25, 0.3) is 0 Å². The molecule has 0 aromatic heterocycles. The van der Waals surface area contributed by atoms with Crippen LogP contribution in [0.25, 0.3) is 0 Å². The van der Waals surface area contributed by atoms with Gasteiger partial charge in [0, 0.05) is 4.90 Å². The van der Waals surface area contributed by atoms with Crippen molar-refractivity contribution >= 4 is 24.0 Å². The van der Waals surface area contributed by atoms with E-state index in [2.05, 4.69) is 0 Å². The Balaban J connectivity index is 0.00000200. The largest absolute Gasteiger partial charge is 1.00 e. The van der Waals surface area contributed by atoms with Crippen molar-refractivity contribution in [3.05, 3.63) is 65.7 Å². The summed E-state index contributed by atoms with van der Waals surface area (Å²) in [6, 6.07) is 14.9. The molecule has 1 N–H and O–H groups in total. The third kappa shape index (κ3) is 5.04. The molecule has 0 saturated carbocycles. The predicted molar refractivity (Wildman–Crippen MR) is 72.2 cm³/mol. The average molecular weight is 314 g/mol. The number of hydrogen-bond donors (Lipinski definition) is 1. The molecule has 0 heterocycles. The molecule has 6 heteroatoms. The van der Waals surface area contributed by atoms with E-state index < -0.39 is 11.9 Å². The van der Waals surface area contributed by atoms with Gasteiger partial charge in [0.1, 0.15) is 0 Å². The van der Waals surface area contributed by atoms with Gasteiger partial charge in [-0.1, -0.05) is 24.3 Å². The minimum Gasteiger partial charge on any atom is -1.00 e. The molecular formula is C14H11KO4S. The second-order valence-electron chi connectivity index (χ2n) is 3.65. The maximum Gasteiger partial charge on any atom is 1.00 e. The van der Waals surface area contributed by atoms with Gasteiger partial charge < -0.3 is 10.7 Å². The minimum atomic E-state index is -1.08. The van der Waals surface area contributed by atoms with Gasteiger partial charge in [-0.3, -0.25) is 0 Å². The summed E-state index contributed by atoms with van der Waals surface area (Å²) in [5.74, 6) is -1.65. The summed E-state index contributed by atoms with van der Waals surface area (Å²) >= 11 is 0.941. The molecule has 4 nitrogen and oxygen atoms in total. The Morgan fingerprint density at radius 2 is 1.65 bits per heavy atom. The fraction of sp³-hybridized carbons (Fsp3) is 0. The van der Waals surface area contributed by atoms with E-state index in [4.69, 9.17) is 9.29 Å². The molecule has 0 spiro atoms. The summed E-state index contributed by atoms with van der Waals surface area (Å²) in [7, 11) is 0. The predicted octanol–water partition coefficient (Wildman–Crippen LogP) is 0.365. The van der Waals surface area contributed by atoms with Gasteiger partial charge in [0.05, 0.1) is 23.2 Å². The van der Waals surface area contributed by atoms with Crippen LogP contribution in [0.2, 0.25) is 0 Å². The summed E-state index contributed by atoms with van der Waals surface area (Å²) in [4.78, 5) is 23.4. The summed E-state index contributed by atoms with van der Waals surface area (Å²) in [6.07, 6.45) is 0. The van der Waals surface area contributed by atoms with E-state index in [0.29, 0.717) is 0 Å². The molecule has 0 saturated heterocycles. The van der Waals surface area contributed by atoms with Crippen LogP contribution in [-0.4, -0.2) is 17.0 Å². The number of carbonyl (C=O) groups is 2. The first-order chi connectivity index (χ1) is 9.16. The Labute approximate surface area is 164 Å². The average Bonchev–Trinajstić information content (AvgIpc) is 2.46. The van der Waals surface area contributed by atoms with E-state index in [9.17, 15) is 9.59 Å². The Hall–Kier alpha value is -0.634. The minimum absolute atomic E-state index is 0. The maximum absolute atomic E-state index is 11.8. The summed E-state index contributed by atoms with van der Waals surface area (Å²) in [6.45, 7) is 0. The second kappa shape index (κ2) is 8.61. The second-order valence-corrected chi connectivity index (χ2v) is 4.46. The molecule has 0 radical (unpaired) electrons. The standard InChI is InChI=1S/C14H10O4S.K.H/c15-13(16)10-5-4-6-11(9-10)14(17)18-19-12-7-2-1-3-8-12;;/h1-9H,(H,15,16);;/q;+1;-1. The number of carbonyl (C=O) groups excluding carboxylic acids is 1. The van der Waals surface area contributed by atoms with Crippen LogP contribution in [0, 0.1) is 0 Å². The van der Waals surface area contributed by atoms with Crippen LogP contribution >= 0.6 is 12.0 Å². The Kier molecular flexibility index (Phi) is 7.50. The van der Waals surface area contributed by atoms with E-state index in [-0.39, 0.29) is 63.9 Å². The SMILES string of the molecule is O=C(O)c1cccc(C(=O)OSc2ccccc2)c1.[H-].[K+]. The number of aromatic carboxylic acids is 1. The number of rotatable bonds is 4. The Morgan fingerprint density at radius 1 is 1.00 bits per heavy atom. The zero-order valence-electron chi connectivity index (χ0n) is 11.8. The molecule has 2 aromatic rings. The molecule has 0 atom stereocenters. The van der Waals surface area contributed by atoms with Crippen LogP contribution < -0.4 is 51.4 Å². The van der Waals surface area contributed by atoms with Crippen molar-refractivity contribution in [2.24, 2.45) is 0 Å². The van der Waals surface area contributed by atoms with E-state index in [1.54, 1.807) is 0 Å². The first-order valence-electron chi connectivity index (χ1n) is 5.44. The number of benzene rings is 2. The molecule has 98 valence electrons. The van der Waals surface area contributed by atoms with E-state index >= 15 is 0 Å². The third-order valence-electron chi connectivity index (χ3n) is 2.30. The van der Waals surface area contributed by atoms with Crippen LogP contribution in [0.5, 0.6) is 0 Å². The molecule has 0 aliphatic rings. The van der Waals surface area contributed by atoms with Crippen molar-refractivity contribution < 1.29 is 71.7 Å². The fourth-order valence-electron chi connectivity index (χ4n) is 1.39.